The Kier molecular flexibility index (Phi) is 4.67. The topological polar surface area (TPSA) is 98.7 Å². The van der Waals surface area contributed by atoms with Crippen LogP contribution in [0.25, 0.3) is 0 Å². The fourth-order valence-electron chi connectivity index (χ4n) is 1.86. The summed E-state index contributed by atoms with van der Waals surface area (Å²) >= 11 is 1.19. The van der Waals surface area contributed by atoms with Crippen molar-refractivity contribution >= 4 is 23.4 Å². The molecule has 3 rings (SSSR count). The molecule has 0 radical (unpaired) electrons. The van der Waals surface area contributed by atoms with Crippen molar-refractivity contribution in [3.63, 3.8) is 0 Å². The zero-order valence-corrected chi connectivity index (χ0v) is 13.2. The van der Waals surface area contributed by atoms with E-state index in [0.717, 1.165) is 11.3 Å². The van der Waals surface area contributed by atoms with E-state index in [2.05, 4.69) is 25.6 Å². The van der Waals surface area contributed by atoms with Gasteiger partial charge in [-0.05, 0) is 24.6 Å². The molecule has 1 aromatic carbocycles. The SMILES string of the molecule is Cc1cccc(NC(=O)CSc2nnc(Cn3cncn3)o2)c1. The molecule has 1 amide bonds. The van der Waals surface area contributed by atoms with Crippen molar-refractivity contribution in [2.75, 3.05) is 11.1 Å². The molecular formula is C14H14N6O2S. The lowest BCUT2D eigenvalue weighted by atomic mass is 10.2. The van der Waals surface area contributed by atoms with E-state index in [0.29, 0.717) is 17.7 Å². The van der Waals surface area contributed by atoms with Crippen LogP contribution in [-0.2, 0) is 11.3 Å². The molecule has 1 N–H and O–H groups in total. The molecule has 3 aromatic rings. The predicted molar refractivity (Wildman–Crippen MR) is 84.0 cm³/mol. The lowest BCUT2D eigenvalue weighted by Gasteiger charge is -2.04. The highest BCUT2D eigenvalue weighted by atomic mass is 32.2. The molecule has 2 heterocycles. The maximum Gasteiger partial charge on any atom is 0.277 e. The van der Waals surface area contributed by atoms with Gasteiger partial charge in [-0.2, -0.15) is 5.10 Å². The van der Waals surface area contributed by atoms with Gasteiger partial charge in [0.1, 0.15) is 19.2 Å². The monoisotopic (exact) mass is 330 g/mol. The van der Waals surface area contributed by atoms with Crippen molar-refractivity contribution < 1.29 is 9.21 Å². The fraction of sp³-hybridized carbons (Fsp3) is 0.214. The van der Waals surface area contributed by atoms with E-state index in [1.807, 2.05) is 31.2 Å². The number of benzene rings is 1. The van der Waals surface area contributed by atoms with Gasteiger partial charge in [-0.25, -0.2) is 9.67 Å². The van der Waals surface area contributed by atoms with Crippen LogP contribution in [0.1, 0.15) is 11.5 Å². The van der Waals surface area contributed by atoms with Gasteiger partial charge in [0.05, 0.1) is 5.75 Å². The van der Waals surface area contributed by atoms with Crippen LogP contribution in [0.3, 0.4) is 0 Å². The average Bonchev–Trinajstić information content (AvgIpc) is 3.18. The molecule has 118 valence electrons. The third-order valence-corrected chi connectivity index (χ3v) is 3.66. The van der Waals surface area contributed by atoms with Gasteiger partial charge in [0.25, 0.3) is 5.22 Å². The zero-order valence-electron chi connectivity index (χ0n) is 12.3. The number of hydrogen-bond acceptors (Lipinski definition) is 7. The standard InChI is InChI=1S/C14H14N6O2S/c1-10-3-2-4-11(5-10)17-12(21)7-23-14-19-18-13(22-14)6-20-9-15-8-16-20/h2-5,8-9H,6-7H2,1H3,(H,17,21). The van der Waals surface area contributed by atoms with Crippen molar-refractivity contribution in [2.24, 2.45) is 0 Å². The van der Waals surface area contributed by atoms with Crippen LogP contribution in [0.2, 0.25) is 0 Å². The fourth-order valence-corrected chi connectivity index (χ4v) is 2.44. The molecule has 2 aromatic heterocycles. The third kappa shape index (κ3) is 4.39. The molecule has 8 nitrogen and oxygen atoms in total. The number of aryl methyl sites for hydroxylation is 1. The maximum absolute atomic E-state index is 11.9. The first-order chi connectivity index (χ1) is 11.2. The van der Waals surface area contributed by atoms with E-state index in [4.69, 9.17) is 4.42 Å². The van der Waals surface area contributed by atoms with E-state index >= 15 is 0 Å². The molecule has 0 unspecified atom stereocenters. The van der Waals surface area contributed by atoms with Crippen molar-refractivity contribution in [1.82, 2.24) is 25.0 Å². The first-order valence-electron chi connectivity index (χ1n) is 6.83. The molecule has 0 spiro atoms. The number of rotatable bonds is 6. The molecule has 0 saturated carbocycles. The number of nitrogens with one attached hydrogen (secondary N) is 1. The van der Waals surface area contributed by atoms with E-state index in [-0.39, 0.29) is 11.7 Å². The first kappa shape index (κ1) is 15.2. The summed E-state index contributed by atoms with van der Waals surface area (Å²) in [5.41, 5.74) is 1.86. The van der Waals surface area contributed by atoms with Crippen molar-refractivity contribution in [2.45, 2.75) is 18.7 Å². The minimum absolute atomic E-state index is 0.128. The molecule has 0 aliphatic rings. The number of hydrogen-bond donors (Lipinski definition) is 1. The maximum atomic E-state index is 11.9. The van der Waals surface area contributed by atoms with Crippen molar-refractivity contribution in [3.8, 4) is 0 Å². The normalized spacial score (nSPS) is 10.7. The Morgan fingerprint density at radius 3 is 3.09 bits per heavy atom. The van der Waals surface area contributed by atoms with Crippen LogP contribution in [0, 0.1) is 6.92 Å². The number of carbonyl (C=O) groups excluding carboxylic acids is 1. The number of amides is 1. The lowest BCUT2D eigenvalue weighted by molar-refractivity contribution is -0.113. The number of thioether (sulfide) groups is 1. The Bertz CT molecular complexity index is 786. The second-order valence-corrected chi connectivity index (χ2v) is 5.69. The van der Waals surface area contributed by atoms with Gasteiger partial charge in [-0.3, -0.25) is 4.79 Å². The van der Waals surface area contributed by atoms with Crippen LogP contribution in [0.15, 0.2) is 46.6 Å². The van der Waals surface area contributed by atoms with Crippen LogP contribution in [0.4, 0.5) is 5.69 Å². The molecule has 9 heteroatoms. The van der Waals surface area contributed by atoms with Crippen LogP contribution < -0.4 is 5.32 Å². The quantitative estimate of drug-likeness (QED) is 0.687. The molecular weight excluding hydrogens is 316 g/mol. The Hall–Kier alpha value is -2.68. The van der Waals surface area contributed by atoms with Gasteiger partial charge in [0.15, 0.2) is 0 Å². The Morgan fingerprint density at radius 1 is 1.39 bits per heavy atom. The largest absolute Gasteiger partial charge is 0.414 e. The summed E-state index contributed by atoms with van der Waals surface area (Å²) in [6.07, 6.45) is 2.99. The highest BCUT2D eigenvalue weighted by Gasteiger charge is 2.10. The van der Waals surface area contributed by atoms with E-state index in [1.54, 1.807) is 11.0 Å². The van der Waals surface area contributed by atoms with Gasteiger partial charge < -0.3 is 9.73 Å². The highest BCUT2D eigenvalue weighted by molar-refractivity contribution is 7.99. The second-order valence-electron chi connectivity index (χ2n) is 4.76. The summed E-state index contributed by atoms with van der Waals surface area (Å²) in [6, 6.07) is 7.62. The molecule has 0 saturated heterocycles. The average molecular weight is 330 g/mol. The highest BCUT2D eigenvalue weighted by Crippen LogP contribution is 2.17. The summed E-state index contributed by atoms with van der Waals surface area (Å²) < 4.78 is 7.02. The van der Waals surface area contributed by atoms with Crippen molar-refractivity contribution in [3.05, 3.63) is 48.4 Å². The van der Waals surface area contributed by atoms with E-state index in [9.17, 15) is 4.79 Å². The number of nitrogens with zero attached hydrogens (tertiary/aromatic N) is 5. The number of anilines is 1. The van der Waals surface area contributed by atoms with E-state index < -0.39 is 0 Å². The van der Waals surface area contributed by atoms with Gasteiger partial charge in [0, 0.05) is 5.69 Å². The lowest BCUT2D eigenvalue weighted by Crippen LogP contribution is -2.13. The molecule has 0 fully saturated rings. The first-order valence-corrected chi connectivity index (χ1v) is 7.82. The van der Waals surface area contributed by atoms with Crippen LogP contribution in [-0.4, -0.2) is 36.6 Å². The number of carbonyl (C=O) groups is 1. The number of aromatic nitrogens is 5. The molecule has 0 atom stereocenters. The Labute approximate surface area is 136 Å². The van der Waals surface area contributed by atoms with Crippen LogP contribution >= 0.6 is 11.8 Å². The molecule has 23 heavy (non-hydrogen) atoms. The van der Waals surface area contributed by atoms with Gasteiger partial charge in [-0.1, -0.05) is 23.9 Å². The molecule has 0 bridgehead atoms. The van der Waals surface area contributed by atoms with Gasteiger partial charge in [-0.15, -0.1) is 10.2 Å². The second kappa shape index (κ2) is 7.05. The predicted octanol–water partition coefficient (Wildman–Crippen LogP) is 1.75. The molecule has 0 aliphatic carbocycles. The van der Waals surface area contributed by atoms with Gasteiger partial charge >= 0.3 is 0 Å². The third-order valence-electron chi connectivity index (χ3n) is 2.84. The summed E-state index contributed by atoms with van der Waals surface area (Å²) in [4.78, 5) is 15.8. The van der Waals surface area contributed by atoms with Gasteiger partial charge in [0.2, 0.25) is 11.8 Å². The Balaban J connectivity index is 1.50. The summed E-state index contributed by atoms with van der Waals surface area (Å²) in [6.45, 7) is 2.32. The summed E-state index contributed by atoms with van der Waals surface area (Å²) in [5.74, 6) is 0.479. The minimum Gasteiger partial charge on any atom is -0.414 e. The molecule has 0 aliphatic heterocycles. The Morgan fingerprint density at radius 2 is 2.30 bits per heavy atom. The minimum atomic E-state index is -0.128. The summed E-state index contributed by atoms with van der Waals surface area (Å²) in [7, 11) is 0. The van der Waals surface area contributed by atoms with Crippen LogP contribution in [0.5, 0.6) is 0 Å². The zero-order chi connectivity index (χ0) is 16.1. The van der Waals surface area contributed by atoms with Crippen molar-refractivity contribution in [1.29, 1.82) is 0 Å². The smallest absolute Gasteiger partial charge is 0.277 e. The summed E-state index contributed by atoms with van der Waals surface area (Å²) in [5, 5.41) is 14.9. The van der Waals surface area contributed by atoms with E-state index in [1.165, 1.54) is 18.1 Å².